The fourth-order valence-corrected chi connectivity index (χ4v) is 2.12. The highest BCUT2D eigenvalue weighted by atomic mass is 15.2. The minimum Gasteiger partial charge on any atom is -0.369 e. The maximum absolute atomic E-state index is 5.89. The van der Waals surface area contributed by atoms with Crippen molar-refractivity contribution in [3.8, 4) is 0 Å². The number of nitrogens with zero attached hydrogens (tertiary/aromatic N) is 1. The molecule has 2 atom stereocenters. The van der Waals surface area contributed by atoms with Gasteiger partial charge in [-0.1, -0.05) is 32.4 Å². The zero-order valence-electron chi connectivity index (χ0n) is 12.3. The summed E-state index contributed by atoms with van der Waals surface area (Å²) >= 11 is 0. The Balaban J connectivity index is 2.83. The smallest absolute Gasteiger partial charge is 0.0368 e. The van der Waals surface area contributed by atoms with Gasteiger partial charge in [0.2, 0.25) is 0 Å². The van der Waals surface area contributed by atoms with E-state index < -0.39 is 0 Å². The molecule has 0 radical (unpaired) electrons. The molecule has 2 unspecified atom stereocenters. The van der Waals surface area contributed by atoms with E-state index in [-0.39, 0.29) is 6.04 Å². The van der Waals surface area contributed by atoms with Gasteiger partial charge in [-0.3, -0.25) is 0 Å². The molecule has 0 saturated heterocycles. The number of rotatable bonds is 7. The Labute approximate surface area is 112 Å². The summed E-state index contributed by atoms with van der Waals surface area (Å²) in [6.07, 6.45) is 3.67. The van der Waals surface area contributed by atoms with Gasteiger partial charge < -0.3 is 10.6 Å². The molecular formula is C16H28N2. The Morgan fingerprint density at radius 2 is 1.72 bits per heavy atom. The second-order valence-electron chi connectivity index (χ2n) is 5.18. The molecule has 1 aromatic carbocycles. The molecule has 0 saturated carbocycles. The quantitative estimate of drug-likeness (QED) is 0.786. The van der Waals surface area contributed by atoms with E-state index in [2.05, 4.69) is 49.9 Å². The van der Waals surface area contributed by atoms with Crippen LogP contribution in [0.3, 0.4) is 0 Å². The summed E-state index contributed by atoms with van der Waals surface area (Å²) < 4.78 is 0. The normalized spacial score (nSPS) is 14.3. The van der Waals surface area contributed by atoms with Gasteiger partial charge in [0.25, 0.3) is 0 Å². The number of nitrogens with two attached hydrogens (primary N) is 1. The third kappa shape index (κ3) is 4.02. The molecule has 1 rings (SSSR count). The number of unbranched alkanes of at least 4 members (excludes halogenated alkanes) is 1. The van der Waals surface area contributed by atoms with Crippen LogP contribution < -0.4 is 10.6 Å². The summed E-state index contributed by atoms with van der Waals surface area (Å²) in [5.74, 6) is 0. The van der Waals surface area contributed by atoms with E-state index in [1.54, 1.807) is 0 Å². The molecule has 0 amide bonds. The van der Waals surface area contributed by atoms with Gasteiger partial charge in [0.05, 0.1) is 0 Å². The highest BCUT2D eigenvalue weighted by molar-refractivity contribution is 5.48. The lowest BCUT2D eigenvalue weighted by Crippen LogP contribution is -2.33. The zero-order chi connectivity index (χ0) is 13.5. The number of anilines is 1. The summed E-state index contributed by atoms with van der Waals surface area (Å²) in [6, 6.07) is 9.44. The van der Waals surface area contributed by atoms with Crippen molar-refractivity contribution in [2.75, 3.05) is 11.4 Å². The van der Waals surface area contributed by atoms with E-state index >= 15 is 0 Å². The minimum absolute atomic E-state index is 0.117. The number of benzene rings is 1. The lowest BCUT2D eigenvalue weighted by Gasteiger charge is -2.31. The lowest BCUT2D eigenvalue weighted by molar-refractivity contribution is 0.595. The van der Waals surface area contributed by atoms with Crippen LogP contribution in [0, 0.1) is 0 Å². The first kappa shape index (κ1) is 15.0. The lowest BCUT2D eigenvalue weighted by atomic mass is 10.1. The molecule has 2 nitrogen and oxygen atoms in total. The van der Waals surface area contributed by atoms with Gasteiger partial charge in [-0.2, -0.15) is 0 Å². The van der Waals surface area contributed by atoms with E-state index in [1.165, 1.54) is 30.5 Å². The fourth-order valence-electron chi connectivity index (χ4n) is 2.12. The summed E-state index contributed by atoms with van der Waals surface area (Å²) in [5, 5.41) is 0. The van der Waals surface area contributed by atoms with Gasteiger partial charge in [-0.15, -0.1) is 0 Å². The highest BCUT2D eigenvalue weighted by Gasteiger charge is 2.12. The summed E-state index contributed by atoms with van der Waals surface area (Å²) in [5.41, 5.74) is 8.42. The first-order chi connectivity index (χ1) is 8.60. The molecule has 0 aliphatic carbocycles. The molecule has 0 bridgehead atoms. The van der Waals surface area contributed by atoms with Gasteiger partial charge >= 0.3 is 0 Å². The molecule has 0 spiro atoms. The monoisotopic (exact) mass is 248 g/mol. The average Bonchev–Trinajstić information content (AvgIpc) is 2.39. The van der Waals surface area contributed by atoms with Gasteiger partial charge in [0.15, 0.2) is 0 Å². The van der Waals surface area contributed by atoms with E-state index in [0.717, 1.165) is 6.54 Å². The van der Waals surface area contributed by atoms with Crippen molar-refractivity contribution in [2.24, 2.45) is 5.73 Å². The first-order valence-corrected chi connectivity index (χ1v) is 7.22. The van der Waals surface area contributed by atoms with Crippen LogP contribution in [0.4, 0.5) is 5.69 Å². The number of hydrogen-bond acceptors (Lipinski definition) is 2. The first-order valence-electron chi connectivity index (χ1n) is 7.22. The average molecular weight is 248 g/mol. The van der Waals surface area contributed by atoms with Crippen LogP contribution in [0.2, 0.25) is 0 Å². The Bertz CT molecular complexity index is 329. The predicted octanol–water partition coefficient (Wildman–Crippen LogP) is 4.11. The van der Waals surface area contributed by atoms with Crippen LogP contribution in [-0.2, 0) is 0 Å². The maximum atomic E-state index is 5.89. The molecule has 102 valence electrons. The molecule has 0 aliphatic heterocycles. The third-order valence-electron chi connectivity index (χ3n) is 3.63. The molecule has 0 fully saturated rings. The highest BCUT2D eigenvalue weighted by Crippen LogP contribution is 2.21. The zero-order valence-corrected chi connectivity index (χ0v) is 12.3. The third-order valence-corrected chi connectivity index (χ3v) is 3.63. The van der Waals surface area contributed by atoms with Crippen molar-refractivity contribution in [3.05, 3.63) is 29.8 Å². The molecule has 0 heterocycles. The Morgan fingerprint density at radius 1 is 1.11 bits per heavy atom. The Morgan fingerprint density at radius 3 is 2.17 bits per heavy atom. The van der Waals surface area contributed by atoms with E-state index in [1.807, 2.05) is 6.92 Å². The van der Waals surface area contributed by atoms with E-state index in [9.17, 15) is 0 Å². The molecule has 0 aliphatic rings. The number of hydrogen-bond donors (Lipinski definition) is 1. The van der Waals surface area contributed by atoms with Crippen molar-refractivity contribution in [2.45, 2.75) is 59.0 Å². The van der Waals surface area contributed by atoms with Crippen LogP contribution in [0.25, 0.3) is 0 Å². The standard InChI is InChI=1S/C16H28N2/c1-5-7-12-18(13(3)6-2)16-10-8-15(9-11-16)14(4)17/h8-11,13-14H,5-7,12,17H2,1-4H3. The SMILES string of the molecule is CCCCN(c1ccc(C(C)N)cc1)C(C)CC. The van der Waals surface area contributed by atoms with Gasteiger partial charge in [-0.05, 0) is 44.4 Å². The van der Waals surface area contributed by atoms with Crippen molar-refractivity contribution in [1.82, 2.24) is 0 Å². The van der Waals surface area contributed by atoms with Crippen LogP contribution >= 0.6 is 0 Å². The molecule has 2 heteroatoms. The van der Waals surface area contributed by atoms with Crippen LogP contribution in [0.1, 0.15) is 58.6 Å². The fraction of sp³-hybridized carbons (Fsp3) is 0.625. The largest absolute Gasteiger partial charge is 0.369 e. The minimum atomic E-state index is 0.117. The topological polar surface area (TPSA) is 29.3 Å². The predicted molar refractivity (Wildman–Crippen MR) is 81.1 cm³/mol. The van der Waals surface area contributed by atoms with Gasteiger partial charge in [0.1, 0.15) is 0 Å². The molecular weight excluding hydrogens is 220 g/mol. The summed E-state index contributed by atoms with van der Waals surface area (Å²) in [7, 11) is 0. The maximum Gasteiger partial charge on any atom is 0.0368 e. The molecule has 2 N–H and O–H groups in total. The van der Waals surface area contributed by atoms with Crippen molar-refractivity contribution >= 4 is 5.69 Å². The molecule has 0 aromatic heterocycles. The van der Waals surface area contributed by atoms with Crippen molar-refractivity contribution in [3.63, 3.8) is 0 Å². The van der Waals surface area contributed by atoms with Crippen LogP contribution in [-0.4, -0.2) is 12.6 Å². The van der Waals surface area contributed by atoms with E-state index in [0.29, 0.717) is 6.04 Å². The summed E-state index contributed by atoms with van der Waals surface area (Å²) in [4.78, 5) is 2.51. The second-order valence-corrected chi connectivity index (χ2v) is 5.18. The van der Waals surface area contributed by atoms with Crippen molar-refractivity contribution < 1.29 is 0 Å². The Hall–Kier alpha value is -1.02. The van der Waals surface area contributed by atoms with Gasteiger partial charge in [0, 0.05) is 24.3 Å². The van der Waals surface area contributed by atoms with Crippen LogP contribution in [0.15, 0.2) is 24.3 Å². The van der Waals surface area contributed by atoms with E-state index in [4.69, 9.17) is 5.73 Å². The second kappa shape index (κ2) is 7.42. The Kier molecular flexibility index (Phi) is 6.20. The van der Waals surface area contributed by atoms with Crippen LogP contribution in [0.5, 0.6) is 0 Å². The summed E-state index contributed by atoms with van der Waals surface area (Å²) in [6.45, 7) is 9.96. The van der Waals surface area contributed by atoms with Gasteiger partial charge in [-0.25, -0.2) is 0 Å². The molecule has 1 aromatic rings. The van der Waals surface area contributed by atoms with Crippen molar-refractivity contribution in [1.29, 1.82) is 0 Å². The molecule has 18 heavy (non-hydrogen) atoms.